The summed E-state index contributed by atoms with van der Waals surface area (Å²) in [6, 6.07) is 3.45. The molecule has 1 aliphatic heterocycles. The van der Waals surface area contributed by atoms with Crippen molar-refractivity contribution >= 4 is 83.2 Å². The molecular formula is C50H79Br2N11O12S. The number of sulfonamides is 1. The van der Waals surface area contributed by atoms with Crippen molar-refractivity contribution in [2.75, 3.05) is 55.1 Å². The summed E-state index contributed by atoms with van der Waals surface area (Å²) in [6.07, 6.45) is 1.42. The van der Waals surface area contributed by atoms with Crippen LogP contribution in [0.15, 0.2) is 24.3 Å². The van der Waals surface area contributed by atoms with Gasteiger partial charge in [-0.25, -0.2) is 13.1 Å². The molecule has 1 unspecified atom stereocenters. The summed E-state index contributed by atoms with van der Waals surface area (Å²) in [5, 5.41) is 14.2. The Balaban J connectivity index is 1.38. The molecule has 8 atom stereocenters. The molecule has 5 N–H and O–H groups in total. The Morgan fingerprint density at radius 1 is 0.882 bits per heavy atom. The zero-order valence-corrected chi connectivity index (χ0v) is 49.4. The van der Waals surface area contributed by atoms with E-state index in [1.54, 1.807) is 52.7 Å². The van der Waals surface area contributed by atoms with Gasteiger partial charge in [0.05, 0.1) is 65.9 Å². The molecular weight excluding hydrogens is 1140 g/mol. The molecule has 1 saturated carbocycles. The van der Waals surface area contributed by atoms with E-state index >= 15 is 0 Å². The van der Waals surface area contributed by atoms with Gasteiger partial charge in [0, 0.05) is 57.9 Å². The van der Waals surface area contributed by atoms with Crippen LogP contribution in [0.3, 0.4) is 0 Å². The smallest absolute Gasteiger partial charge is 0.276 e. The molecule has 426 valence electrons. The summed E-state index contributed by atoms with van der Waals surface area (Å²) in [5.41, 5.74) is 6.92. The molecule has 26 heteroatoms. The Hall–Kier alpha value is -4.76. The number of carbonyl (C=O) groups excluding carboxylic acids is 7. The maximum absolute atomic E-state index is 14.3. The van der Waals surface area contributed by atoms with Crippen LogP contribution in [-0.4, -0.2) is 176 Å². The number of amides is 7. The fourth-order valence-electron chi connectivity index (χ4n) is 9.57. The second kappa shape index (κ2) is 30.4. The van der Waals surface area contributed by atoms with Crippen molar-refractivity contribution in [1.29, 1.82) is 0 Å². The van der Waals surface area contributed by atoms with Gasteiger partial charge in [-0.3, -0.25) is 54.0 Å². The van der Waals surface area contributed by atoms with E-state index in [1.807, 2.05) is 46.7 Å². The van der Waals surface area contributed by atoms with Crippen molar-refractivity contribution < 1.29 is 56.2 Å². The standard InChI is InChI=1S/C50H79Br2N11O12S/c1-11-31(4)46(61(8)44(67)28-53-50(70)45(30(2)3)60(6)7)40(73-9)25-43(66)62-22-12-14-38(62)47(74-10)32(5)48(68)54-36(49(69)58-76(71,72)35-20-21-35)24-33-16-18-34(19-17-33)75-29-42(65)57-56-41(64)15-13-23-63-39(27-52)37(26-51)55-59-63/h16-19,30-32,35-36,38,40,45-47H,11-15,20-29H2,1-10H3,(H,53,70)(H,54,68)(H,56,64)(H,57,65)(H,58,69)/t31-,32+,36-,38-,40+,45?,46-,47+/m0/s1. The SMILES string of the molecule is CC[C@H](C)[C@@H]([C@@H](CC(=O)N1CCC[C@H]1[C@H](OC)[C@@H](C)C(=O)N[C@@H](Cc1ccc(OCC(=O)NNC(=O)CCCn2nnc(CBr)c2CBr)cc1)C(=O)NS(=O)(=O)C1CC1)OC)N(C)C(=O)CNC(=O)C(C(C)C)N(C)C. The molecule has 7 amide bonds. The summed E-state index contributed by atoms with van der Waals surface area (Å²) in [7, 11) is 4.20. The highest BCUT2D eigenvalue weighted by Crippen LogP contribution is 2.30. The molecule has 2 fully saturated rings. The number of alkyl halides is 2. The number of carbonyl (C=O) groups is 7. The first kappa shape index (κ1) is 63.8. The summed E-state index contributed by atoms with van der Waals surface area (Å²) in [5.74, 6) is -4.15. The van der Waals surface area contributed by atoms with Crippen LogP contribution in [-0.2, 0) is 76.7 Å². The van der Waals surface area contributed by atoms with Crippen LogP contribution in [0, 0.1) is 17.8 Å². The van der Waals surface area contributed by atoms with Gasteiger partial charge in [-0.15, -0.1) is 5.10 Å². The lowest BCUT2D eigenvalue weighted by Crippen LogP contribution is -2.56. The molecule has 0 bridgehead atoms. The van der Waals surface area contributed by atoms with E-state index in [9.17, 15) is 42.0 Å². The van der Waals surface area contributed by atoms with Crippen LogP contribution < -0.4 is 30.9 Å². The number of aryl methyl sites for hydroxylation is 1. The number of likely N-dealkylation sites (N-methyl/N-ethyl adjacent to an activating group) is 2. The monoisotopic (exact) mass is 1220 g/mol. The van der Waals surface area contributed by atoms with Crippen molar-refractivity contribution in [1.82, 2.24) is 55.9 Å². The number of nitrogens with one attached hydrogen (secondary N) is 5. The molecule has 1 aliphatic carbocycles. The lowest BCUT2D eigenvalue weighted by atomic mass is 9.90. The number of hydrogen-bond acceptors (Lipinski definition) is 15. The fourth-order valence-corrected chi connectivity index (χ4v) is 12.0. The van der Waals surface area contributed by atoms with Crippen LogP contribution in [0.2, 0.25) is 0 Å². The van der Waals surface area contributed by atoms with Gasteiger partial charge in [-0.1, -0.05) is 90.2 Å². The van der Waals surface area contributed by atoms with Crippen LogP contribution in [0.1, 0.15) is 103 Å². The van der Waals surface area contributed by atoms with Crippen molar-refractivity contribution in [3.05, 3.63) is 41.2 Å². The Morgan fingerprint density at radius 2 is 1.55 bits per heavy atom. The lowest BCUT2D eigenvalue weighted by Gasteiger charge is -2.39. The maximum atomic E-state index is 14.3. The molecule has 1 aromatic carbocycles. The van der Waals surface area contributed by atoms with E-state index < -0.39 is 87.8 Å². The second-order valence-electron chi connectivity index (χ2n) is 20.1. The Bertz CT molecular complexity index is 2380. The highest BCUT2D eigenvalue weighted by atomic mass is 79.9. The number of ether oxygens (including phenoxy) is 3. The van der Waals surface area contributed by atoms with E-state index in [0.29, 0.717) is 67.8 Å². The van der Waals surface area contributed by atoms with E-state index in [-0.39, 0.29) is 61.1 Å². The predicted octanol–water partition coefficient (Wildman–Crippen LogP) is 2.33. The van der Waals surface area contributed by atoms with Crippen LogP contribution in [0.25, 0.3) is 0 Å². The minimum atomic E-state index is -4.00. The van der Waals surface area contributed by atoms with Crippen LogP contribution >= 0.6 is 31.9 Å². The summed E-state index contributed by atoms with van der Waals surface area (Å²) in [6.45, 7) is 9.61. The third kappa shape index (κ3) is 18.2. The fraction of sp³-hybridized carbons (Fsp3) is 0.700. The van der Waals surface area contributed by atoms with Gasteiger partial charge in [0.15, 0.2) is 6.61 Å². The van der Waals surface area contributed by atoms with E-state index in [4.69, 9.17) is 14.2 Å². The van der Waals surface area contributed by atoms with Crippen LogP contribution in [0.4, 0.5) is 0 Å². The average molecular weight is 1220 g/mol. The van der Waals surface area contributed by atoms with E-state index in [0.717, 1.165) is 11.4 Å². The van der Waals surface area contributed by atoms with E-state index in [2.05, 4.69) is 68.4 Å². The molecule has 23 nitrogen and oxygen atoms in total. The quantitative estimate of drug-likeness (QED) is 0.0535. The number of rotatable bonds is 31. The first-order chi connectivity index (χ1) is 36.0. The number of methoxy groups -OCH3 is 2. The Kier molecular flexibility index (Phi) is 25.5. The molecule has 2 heterocycles. The molecule has 2 aliphatic rings. The van der Waals surface area contributed by atoms with E-state index in [1.165, 1.54) is 14.2 Å². The van der Waals surface area contributed by atoms with Gasteiger partial charge in [0.25, 0.3) is 11.8 Å². The third-order valence-electron chi connectivity index (χ3n) is 14.0. The zero-order chi connectivity index (χ0) is 56.4. The Labute approximate surface area is 464 Å². The largest absolute Gasteiger partial charge is 0.484 e. The highest BCUT2D eigenvalue weighted by Gasteiger charge is 2.43. The summed E-state index contributed by atoms with van der Waals surface area (Å²) < 4.78 is 47.3. The van der Waals surface area contributed by atoms with Crippen LogP contribution in [0.5, 0.6) is 5.75 Å². The summed E-state index contributed by atoms with van der Waals surface area (Å²) in [4.78, 5) is 98.9. The molecule has 76 heavy (non-hydrogen) atoms. The minimum Gasteiger partial charge on any atom is -0.484 e. The number of aromatic nitrogens is 3. The first-order valence-electron chi connectivity index (χ1n) is 25.7. The maximum Gasteiger partial charge on any atom is 0.276 e. The van der Waals surface area contributed by atoms with Gasteiger partial charge in [0.1, 0.15) is 11.8 Å². The van der Waals surface area contributed by atoms with Gasteiger partial charge >= 0.3 is 0 Å². The number of hydrogen-bond donors (Lipinski definition) is 5. The molecule has 1 aromatic heterocycles. The van der Waals surface area contributed by atoms with Crippen molar-refractivity contribution in [3.8, 4) is 5.75 Å². The Morgan fingerprint density at radius 3 is 2.13 bits per heavy atom. The average Bonchev–Trinajstić information content (AvgIpc) is 4.03. The number of benzene rings is 1. The second-order valence-corrected chi connectivity index (χ2v) is 23.2. The van der Waals surface area contributed by atoms with Crippen molar-refractivity contribution in [2.45, 2.75) is 151 Å². The number of halogens is 2. The third-order valence-corrected chi connectivity index (χ3v) is 16.9. The normalized spacial score (nSPS) is 17.4. The van der Waals surface area contributed by atoms with Gasteiger partial charge in [-0.05, 0) is 75.7 Å². The van der Waals surface area contributed by atoms with Gasteiger partial charge < -0.3 is 34.6 Å². The molecule has 2 aromatic rings. The predicted molar refractivity (Wildman–Crippen MR) is 290 cm³/mol. The van der Waals surface area contributed by atoms with Crippen molar-refractivity contribution in [2.24, 2.45) is 17.8 Å². The minimum absolute atomic E-state index is 0.0132. The first-order valence-corrected chi connectivity index (χ1v) is 29.5. The molecule has 0 spiro atoms. The zero-order valence-electron chi connectivity index (χ0n) is 45.4. The molecule has 4 rings (SSSR count). The van der Waals surface area contributed by atoms with Gasteiger partial charge in [-0.2, -0.15) is 0 Å². The number of hydrazine groups is 1. The highest BCUT2D eigenvalue weighted by molar-refractivity contribution is 9.09. The summed E-state index contributed by atoms with van der Waals surface area (Å²) >= 11 is 6.81. The van der Waals surface area contributed by atoms with Gasteiger partial charge in [0.2, 0.25) is 39.6 Å². The van der Waals surface area contributed by atoms with Crippen molar-refractivity contribution in [3.63, 3.8) is 0 Å². The topological polar surface area (TPSA) is 282 Å². The lowest BCUT2D eigenvalue weighted by molar-refractivity contribution is -0.146. The molecule has 0 radical (unpaired) electrons. The number of nitrogens with zero attached hydrogens (tertiary/aromatic N) is 6. The molecule has 1 saturated heterocycles. The number of likely N-dealkylation sites (tertiary alicyclic amines) is 1.